The Bertz CT molecular complexity index is 3520. The van der Waals surface area contributed by atoms with Crippen LogP contribution >= 0.6 is 19.4 Å². The maximum Gasteiger partial charge on any atom is 0.469 e. The molecular formula is C44H41ClF10N7O11PS2. The summed E-state index contributed by atoms with van der Waals surface area (Å²) in [5.74, 6) is -6.48. The lowest BCUT2D eigenvalue weighted by atomic mass is 9.93. The van der Waals surface area contributed by atoms with Gasteiger partial charge in [-0.25, -0.2) is 40.0 Å². The first kappa shape index (κ1) is 57.9. The van der Waals surface area contributed by atoms with Gasteiger partial charge in [0, 0.05) is 34.9 Å². The molecule has 32 heteroatoms. The second-order valence-corrected chi connectivity index (χ2v) is 24.4. The molecule has 3 N–H and O–H groups in total. The molecule has 0 spiro atoms. The number of alkyl halides is 8. The van der Waals surface area contributed by atoms with Crippen LogP contribution in [0.25, 0.3) is 22.0 Å². The zero-order valence-corrected chi connectivity index (χ0v) is 43.2. The van der Waals surface area contributed by atoms with Crippen molar-refractivity contribution in [1.82, 2.24) is 29.9 Å². The molecule has 2 aliphatic carbocycles. The number of nitrogens with one attached hydrogen (secondary N) is 1. The van der Waals surface area contributed by atoms with Gasteiger partial charge in [0.05, 0.1) is 33.9 Å². The molecule has 2 aromatic carbocycles. The molecule has 3 aromatic heterocycles. The molecule has 76 heavy (non-hydrogen) atoms. The van der Waals surface area contributed by atoms with Gasteiger partial charge in [0.2, 0.25) is 15.9 Å². The summed E-state index contributed by atoms with van der Waals surface area (Å²) in [6, 6.07) is 4.34. The highest BCUT2D eigenvalue weighted by molar-refractivity contribution is 7.93. The Kier molecular flexibility index (Phi) is 15.1. The van der Waals surface area contributed by atoms with Crippen molar-refractivity contribution in [3.63, 3.8) is 0 Å². The molecule has 0 bridgehead atoms. The number of sulfonamides is 1. The third kappa shape index (κ3) is 12.1. The summed E-state index contributed by atoms with van der Waals surface area (Å²) < 4.78 is 219. The fourth-order valence-corrected chi connectivity index (χ4v) is 10.2. The number of halogens is 11. The number of amides is 2. The van der Waals surface area contributed by atoms with Crippen molar-refractivity contribution in [1.29, 1.82) is 0 Å². The van der Waals surface area contributed by atoms with Gasteiger partial charge >= 0.3 is 26.3 Å². The molecular weight excluding hydrogens is 1120 g/mol. The quantitative estimate of drug-likeness (QED) is 0.0510. The topological polar surface area (TPSA) is 242 Å². The molecule has 3 heterocycles. The fourth-order valence-electron chi connectivity index (χ4n) is 8.38. The van der Waals surface area contributed by atoms with Crippen molar-refractivity contribution < 1.29 is 93.9 Å². The third-order valence-corrected chi connectivity index (χ3v) is 16.1. The summed E-state index contributed by atoms with van der Waals surface area (Å²) in [4.78, 5) is 51.0. The molecule has 5 aromatic rings. The van der Waals surface area contributed by atoms with Crippen LogP contribution in [0.3, 0.4) is 0 Å². The minimum Gasteiger partial charge on any atom is -0.443 e. The number of sulfone groups is 1. The smallest absolute Gasteiger partial charge is 0.443 e. The standard InChI is InChI=1S/C44H41ClF10N7O11PS2/c1-20(21(2)73-74(65,66)67)72-40(64)62(76(6,70)71)39-34-30(45)10-9-27(36(34)61(59-39)19-42(48,49)50)26-8-7-25(11-12-41(3,4)75(5,68)69)56-35(26)31(15-22-13-23(46)16-24(47)14-22)57-32(63)18-60-38-33(37(58-60)44(53,54)55)28-17-29(28)43(38,51)52/h7-10,13-14,16,20-21,28-29,31H,15,17-19H2,1-6H3,(H,57,63)(H2,65,66,67)/t20-,21-,28-,29+,31-/m0/s1. The molecule has 412 valence electrons. The number of anilines is 1. The van der Waals surface area contributed by atoms with Crippen LogP contribution in [-0.2, 0) is 70.1 Å². The van der Waals surface area contributed by atoms with E-state index in [9.17, 15) is 75.9 Å². The molecule has 7 rings (SSSR count). The Morgan fingerprint density at radius 2 is 1.58 bits per heavy atom. The Hall–Kier alpha value is -5.83. The van der Waals surface area contributed by atoms with Crippen molar-refractivity contribution in [2.45, 2.75) is 101 Å². The lowest BCUT2D eigenvalue weighted by molar-refractivity contribution is -0.143. The Labute approximate surface area is 429 Å². The SMILES string of the molecule is C[C@H](OC(=O)N(c1nn(CC(F)(F)F)c2c(-c3ccc(C#CC(C)(C)S(C)(=O)=O)nc3[C@H](Cc3cc(F)cc(F)c3)NC(=O)Cn3nc(C(F)(F)F)c4c3C(F)(F)[C@@H]3C[C@H]43)ccc(Cl)c12)S(C)(=O)=O)[C@H](C)OP(=O)(O)O. The number of phosphoric acid groups is 1. The van der Waals surface area contributed by atoms with Crippen LogP contribution in [0, 0.1) is 29.4 Å². The normalized spacial score (nSPS) is 17.8. The van der Waals surface area contributed by atoms with E-state index in [-0.39, 0.29) is 36.9 Å². The lowest BCUT2D eigenvalue weighted by Gasteiger charge is -2.24. The van der Waals surface area contributed by atoms with Gasteiger partial charge in [0.15, 0.2) is 21.3 Å². The van der Waals surface area contributed by atoms with E-state index in [1.165, 1.54) is 13.8 Å². The highest BCUT2D eigenvalue weighted by Crippen LogP contribution is 2.68. The Morgan fingerprint density at radius 3 is 2.14 bits per heavy atom. The van der Waals surface area contributed by atoms with Crippen LogP contribution in [0.2, 0.25) is 5.02 Å². The van der Waals surface area contributed by atoms with E-state index in [0.29, 0.717) is 12.3 Å². The van der Waals surface area contributed by atoms with Crippen molar-refractivity contribution in [3.05, 3.63) is 93.0 Å². The van der Waals surface area contributed by atoms with Crippen LogP contribution in [0.15, 0.2) is 42.5 Å². The maximum atomic E-state index is 15.6. The predicted molar refractivity (Wildman–Crippen MR) is 249 cm³/mol. The van der Waals surface area contributed by atoms with Crippen LogP contribution in [0.1, 0.15) is 80.0 Å². The van der Waals surface area contributed by atoms with Crippen LogP contribution in [0.5, 0.6) is 0 Å². The number of benzene rings is 2. The van der Waals surface area contributed by atoms with E-state index >= 15 is 8.78 Å². The molecule has 2 amide bonds. The van der Waals surface area contributed by atoms with Gasteiger partial charge in [-0.15, -0.1) is 0 Å². The zero-order chi connectivity index (χ0) is 56.8. The number of hydrogen-bond acceptors (Lipinski definition) is 12. The summed E-state index contributed by atoms with van der Waals surface area (Å²) in [6.45, 7) is 1.02. The second kappa shape index (κ2) is 19.9. The lowest BCUT2D eigenvalue weighted by Crippen LogP contribution is -2.41. The minimum atomic E-state index is -5.25. The highest BCUT2D eigenvalue weighted by atomic mass is 35.5. The number of nitrogens with zero attached hydrogens (tertiary/aromatic N) is 6. The molecule has 0 saturated heterocycles. The van der Waals surface area contributed by atoms with E-state index in [0.717, 1.165) is 56.5 Å². The number of carbonyl (C=O) groups excluding carboxylic acids is 2. The van der Waals surface area contributed by atoms with Crippen LogP contribution in [-0.4, -0.2) is 98.8 Å². The second-order valence-electron chi connectivity index (χ2n) is 18.4. The number of aromatic nitrogens is 5. The first-order chi connectivity index (χ1) is 34.7. The maximum absolute atomic E-state index is 15.6. The zero-order valence-electron chi connectivity index (χ0n) is 39.9. The summed E-state index contributed by atoms with van der Waals surface area (Å²) in [5.41, 5.74) is -6.44. The monoisotopic (exact) mass is 1160 g/mol. The minimum absolute atomic E-state index is 0.156. The van der Waals surface area contributed by atoms with Gasteiger partial charge < -0.3 is 19.8 Å². The average molecular weight is 1160 g/mol. The summed E-state index contributed by atoms with van der Waals surface area (Å²) in [5, 5.41) is 8.26. The largest absolute Gasteiger partial charge is 0.469 e. The fraction of sp³-hybridized carbons (Fsp3) is 0.432. The first-order valence-corrected chi connectivity index (χ1v) is 27.6. The number of phosphoric ester groups is 1. The molecule has 2 aliphatic rings. The molecule has 0 radical (unpaired) electrons. The summed E-state index contributed by atoms with van der Waals surface area (Å²) in [6.07, 6.45) is -15.5. The van der Waals surface area contributed by atoms with Crippen LogP contribution in [0.4, 0.5) is 54.5 Å². The van der Waals surface area contributed by atoms with E-state index in [2.05, 4.69) is 36.9 Å². The molecule has 0 aliphatic heterocycles. The van der Waals surface area contributed by atoms with Gasteiger partial charge in [-0.2, -0.15) is 49.6 Å². The van der Waals surface area contributed by atoms with Gasteiger partial charge in [0.25, 0.3) is 5.92 Å². The summed E-state index contributed by atoms with van der Waals surface area (Å²) in [7, 11) is -14.2. The van der Waals surface area contributed by atoms with Crippen molar-refractivity contribution >= 4 is 68.0 Å². The van der Waals surface area contributed by atoms with Crippen molar-refractivity contribution in [2.75, 3.05) is 16.8 Å². The average Bonchev–Trinajstić information content (AvgIpc) is 3.76. The molecule has 1 saturated carbocycles. The molecule has 5 atom stereocenters. The van der Waals surface area contributed by atoms with Crippen molar-refractivity contribution in [3.8, 4) is 23.0 Å². The Morgan fingerprint density at radius 1 is 0.961 bits per heavy atom. The van der Waals surface area contributed by atoms with Gasteiger partial charge in [-0.3, -0.25) is 18.7 Å². The number of rotatable bonds is 15. The van der Waals surface area contributed by atoms with E-state index in [1.807, 2.05) is 0 Å². The Balaban J connectivity index is 1.47. The van der Waals surface area contributed by atoms with Crippen molar-refractivity contribution in [2.24, 2.45) is 5.92 Å². The van der Waals surface area contributed by atoms with E-state index in [1.54, 1.807) is 0 Å². The number of fused-ring (bicyclic) bond motifs is 4. The molecule has 18 nitrogen and oxygen atoms in total. The number of pyridine rings is 1. The molecule has 1 fully saturated rings. The van der Waals surface area contributed by atoms with E-state index in [4.69, 9.17) is 16.3 Å². The highest BCUT2D eigenvalue weighted by Gasteiger charge is 2.68. The molecule has 0 unspecified atom stereocenters. The number of ether oxygens (including phenoxy) is 1. The van der Waals surface area contributed by atoms with Crippen LogP contribution < -0.4 is 9.62 Å². The van der Waals surface area contributed by atoms with E-state index < -0.39 is 174 Å². The predicted octanol–water partition coefficient (Wildman–Crippen LogP) is 8.08. The van der Waals surface area contributed by atoms with Gasteiger partial charge in [0.1, 0.15) is 53.1 Å². The number of hydrogen-bond donors (Lipinski definition) is 3. The third-order valence-electron chi connectivity index (χ3n) is 12.2. The van der Waals surface area contributed by atoms with Gasteiger partial charge in [-0.1, -0.05) is 23.6 Å². The summed E-state index contributed by atoms with van der Waals surface area (Å²) >= 11 is 6.61. The van der Waals surface area contributed by atoms with Gasteiger partial charge in [-0.05, 0) is 88.3 Å². The first-order valence-electron chi connectivity index (χ1n) is 21.9. The number of carbonyl (C=O) groups is 2.